The molecule has 0 fully saturated rings. The van der Waals surface area contributed by atoms with E-state index in [9.17, 15) is 32.1 Å². The molecular weight excluding hydrogens is 291 g/mol. The van der Waals surface area contributed by atoms with Crippen LogP contribution in [-0.2, 0) is 0 Å². The van der Waals surface area contributed by atoms with Crippen LogP contribution in [0.15, 0.2) is 29.4 Å². The second kappa shape index (κ2) is 5.27. The summed E-state index contributed by atoms with van der Waals surface area (Å²) in [5.74, 6) is -7.25. The standard InChI is InChI=1S/C9H7F5N4O2/c10-8(11,9(12,13)14)7(15)17-16-5-1-3-6(4-2-5)18(19)20/h1-4,16H,(H2,15,17). The van der Waals surface area contributed by atoms with Crippen molar-refractivity contribution in [2.24, 2.45) is 10.8 Å². The molecule has 1 aromatic carbocycles. The number of hydrogen-bond acceptors (Lipinski definition) is 4. The maximum absolute atomic E-state index is 12.7. The lowest BCUT2D eigenvalue weighted by Gasteiger charge is -2.18. The Labute approximate surface area is 108 Å². The average Bonchev–Trinajstić information content (AvgIpc) is 2.34. The van der Waals surface area contributed by atoms with E-state index in [1.54, 1.807) is 0 Å². The molecule has 0 heterocycles. The van der Waals surface area contributed by atoms with Gasteiger partial charge in [-0.2, -0.15) is 27.1 Å². The minimum atomic E-state index is -5.86. The summed E-state index contributed by atoms with van der Waals surface area (Å²) in [6, 6.07) is 4.16. The number of nitrogens with zero attached hydrogens (tertiary/aromatic N) is 2. The summed E-state index contributed by atoms with van der Waals surface area (Å²) in [6.07, 6.45) is -5.86. The summed E-state index contributed by atoms with van der Waals surface area (Å²) in [4.78, 5) is 9.62. The third-order valence-corrected chi connectivity index (χ3v) is 2.06. The van der Waals surface area contributed by atoms with Crippen molar-refractivity contribution in [3.63, 3.8) is 0 Å². The molecule has 1 aromatic rings. The molecule has 110 valence electrons. The van der Waals surface area contributed by atoms with Crippen molar-refractivity contribution < 1.29 is 26.9 Å². The highest BCUT2D eigenvalue weighted by Crippen LogP contribution is 2.35. The van der Waals surface area contributed by atoms with Gasteiger partial charge in [-0.3, -0.25) is 15.5 Å². The van der Waals surface area contributed by atoms with Gasteiger partial charge >= 0.3 is 12.1 Å². The molecule has 0 saturated heterocycles. The van der Waals surface area contributed by atoms with Crippen molar-refractivity contribution in [3.05, 3.63) is 34.4 Å². The van der Waals surface area contributed by atoms with Crippen LogP contribution in [0.3, 0.4) is 0 Å². The van der Waals surface area contributed by atoms with Gasteiger partial charge in [0.05, 0.1) is 10.6 Å². The number of nitro benzene ring substituents is 1. The number of anilines is 1. The van der Waals surface area contributed by atoms with Crippen molar-refractivity contribution in [1.29, 1.82) is 0 Å². The Bertz CT molecular complexity index is 526. The van der Waals surface area contributed by atoms with Crippen LogP contribution in [0.1, 0.15) is 0 Å². The molecule has 1 rings (SSSR count). The molecule has 0 amide bonds. The lowest BCUT2D eigenvalue weighted by atomic mass is 10.3. The van der Waals surface area contributed by atoms with Gasteiger partial charge in [-0.1, -0.05) is 0 Å². The van der Waals surface area contributed by atoms with E-state index < -0.39 is 22.9 Å². The second-order valence-electron chi connectivity index (χ2n) is 3.48. The fraction of sp³-hybridized carbons (Fsp3) is 0.222. The van der Waals surface area contributed by atoms with E-state index in [-0.39, 0.29) is 11.4 Å². The highest BCUT2D eigenvalue weighted by molar-refractivity contribution is 5.88. The monoisotopic (exact) mass is 298 g/mol. The van der Waals surface area contributed by atoms with Gasteiger partial charge in [0.25, 0.3) is 5.69 Å². The lowest BCUT2D eigenvalue weighted by molar-refractivity contribution is -0.384. The molecular formula is C9H7F5N4O2. The summed E-state index contributed by atoms with van der Waals surface area (Å²) in [7, 11) is 0. The number of nitro groups is 1. The molecule has 0 radical (unpaired) electrons. The summed E-state index contributed by atoms with van der Waals surface area (Å²) < 4.78 is 61.2. The van der Waals surface area contributed by atoms with E-state index in [2.05, 4.69) is 10.8 Å². The average molecular weight is 298 g/mol. The SMILES string of the molecule is N/C(=N\Nc1ccc([N+](=O)[O-])cc1)C(F)(F)C(F)(F)F. The van der Waals surface area contributed by atoms with Gasteiger partial charge in [0.1, 0.15) is 0 Å². The third kappa shape index (κ3) is 3.30. The number of nitrogens with two attached hydrogens (primary N) is 1. The first-order valence-corrected chi connectivity index (χ1v) is 4.84. The van der Waals surface area contributed by atoms with Gasteiger partial charge in [0, 0.05) is 12.1 Å². The number of nitrogens with one attached hydrogen (secondary N) is 1. The van der Waals surface area contributed by atoms with Crippen molar-refractivity contribution in [1.82, 2.24) is 0 Å². The number of alkyl halides is 5. The van der Waals surface area contributed by atoms with Gasteiger partial charge in [0.2, 0.25) is 0 Å². The van der Waals surface area contributed by atoms with Gasteiger partial charge in [-0.15, -0.1) is 0 Å². The van der Waals surface area contributed by atoms with Crippen molar-refractivity contribution in [3.8, 4) is 0 Å². The first kappa shape index (κ1) is 15.6. The molecule has 0 unspecified atom stereocenters. The Morgan fingerprint density at radius 2 is 1.70 bits per heavy atom. The largest absolute Gasteiger partial charge is 0.461 e. The van der Waals surface area contributed by atoms with Crippen LogP contribution >= 0.6 is 0 Å². The Kier molecular flexibility index (Phi) is 4.11. The zero-order valence-corrected chi connectivity index (χ0v) is 9.49. The molecule has 0 aliphatic carbocycles. The predicted molar refractivity (Wildman–Crippen MR) is 59.3 cm³/mol. The zero-order valence-electron chi connectivity index (χ0n) is 9.49. The van der Waals surface area contributed by atoms with Gasteiger partial charge in [-0.05, 0) is 12.1 Å². The maximum atomic E-state index is 12.7. The highest BCUT2D eigenvalue weighted by Gasteiger charge is 2.61. The molecule has 0 atom stereocenters. The quantitative estimate of drug-likeness (QED) is 0.293. The molecule has 0 aromatic heterocycles. The molecule has 11 heteroatoms. The fourth-order valence-corrected chi connectivity index (χ4v) is 0.998. The zero-order chi connectivity index (χ0) is 15.6. The first-order valence-electron chi connectivity index (χ1n) is 4.84. The Morgan fingerprint density at radius 1 is 1.20 bits per heavy atom. The number of hydrogen-bond donors (Lipinski definition) is 2. The van der Waals surface area contributed by atoms with Crippen LogP contribution in [0.4, 0.5) is 33.3 Å². The molecule has 6 nitrogen and oxygen atoms in total. The van der Waals surface area contributed by atoms with Crippen molar-refractivity contribution in [2.45, 2.75) is 12.1 Å². The van der Waals surface area contributed by atoms with E-state index in [0.717, 1.165) is 24.3 Å². The summed E-state index contributed by atoms with van der Waals surface area (Å²) in [5.41, 5.74) is 6.09. The summed E-state index contributed by atoms with van der Waals surface area (Å²) >= 11 is 0. The van der Waals surface area contributed by atoms with Crippen LogP contribution in [0.2, 0.25) is 0 Å². The molecule has 0 spiro atoms. The molecule has 0 bridgehead atoms. The smallest absolute Gasteiger partial charge is 0.380 e. The van der Waals surface area contributed by atoms with Crippen LogP contribution in [0.25, 0.3) is 0 Å². The van der Waals surface area contributed by atoms with Gasteiger partial charge in [-0.25, -0.2) is 0 Å². The minimum Gasteiger partial charge on any atom is -0.380 e. The first-order chi connectivity index (χ1) is 9.05. The van der Waals surface area contributed by atoms with E-state index >= 15 is 0 Å². The number of amidine groups is 1. The molecule has 0 aliphatic rings. The Morgan fingerprint density at radius 3 is 2.10 bits per heavy atom. The van der Waals surface area contributed by atoms with E-state index in [1.165, 1.54) is 0 Å². The van der Waals surface area contributed by atoms with Crippen molar-refractivity contribution in [2.75, 3.05) is 5.43 Å². The maximum Gasteiger partial charge on any atom is 0.461 e. The Balaban J connectivity index is 2.84. The van der Waals surface area contributed by atoms with Crippen LogP contribution in [-0.4, -0.2) is 22.9 Å². The van der Waals surface area contributed by atoms with Gasteiger partial charge < -0.3 is 5.73 Å². The van der Waals surface area contributed by atoms with E-state index in [4.69, 9.17) is 0 Å². The fourth-order valence-electron chi connectivity index (χ4n) is 0.998. The minimum absolute atomic E-state index is 0.0449. The highest BCUT2D eigenvalue weighted by atomic mass is 19.4. The second-order valence-corrected chi connectivity index (χ2v) is 3.48. The number of benzene rings is 1. The molecule has 20 heavy (non-hydrogen) atoms. The molecule has 0 saturated carbocycles. The predicted octanol–water partition coefficient (Wildman–Crippen LogP) is 2.48. The summed E-state index contributed by atoms with van der Waals surface area (Å²) in [6.45, 7) is 0. The van der Waals surface area contributed by atoms with Crippen LogP contribution in [0, 0.1) is 10.1 Å². The summed E-state index contributed by atoms with van der Waals surface area (Å²) in [5, 5.41) is 13.0. The molecule has 3 N–H and O–H groups in total. The van der Waals surface area contributed by atoms with E-state index in [1.807, 2.05) is 5.43 Å². The van der Waals surface area contributed by atoms with E-state index in [0.29, 0.717) is 0 Å². The number of rotatable bonds is 4. The topological polar surface area (TPSA) is 93.5 Å². The van der Waals surface area contributed by atoms with Crippen LogP contribution in [0.5, 0.6) is 0 Å². The lowest BCUT2D eigenvalue weighted by Crippen LogP contribution is -2.48. The third-order valence-electron chi connectivity index (χ3n) is 2.06. The normalized spacial score (nSPS) is 13.2. The number of non-ortho nitro benzene ring substituents is 1. The van der Waals surface area contributed by atoms with Crippen molar-refractivity contribution >= 4 is 17.2 Å². The Hall–Kier alpha value is -2.46. The number of hydrazone groups is 1. The molecule has 0 aliphatic heterocycles. The van der Waals surface area contributed by atoms with Gasteiger partial charge in [0.15, 0.2) is 5.84 Å². The van der Waals surface area contributed by atoms with Crippen LogP contribution < -0.4 is 11.2 Å². The number of halogens is 5.